The summed E-state index contributed by atoms with van der Waals surface area (Å²) in [6.45, 7) is 1.04. The van der Waals surface area contributed by atoms with Crippen molar-refractivity contribution in [1.82, 2.24) is 15.1 Å². The van der Waals surface area contributed by atoms with Gasteiger partial charge in [-0.15, -0.1) is 23.7 Å². The molecule has 2 aliphatic rings. The number of thiophene rings is 1. The molecule has 2 heterocycles. The molecule has 1 saturated heterocycles. The highest BCUT2D eigenvalue weighted by Gasteiger charge is 2.43. The summed E-state index contributed by atoms with van der Waals surface area (Å²) < 4.78 is 0. The fourth-order valence-corrected chi connectivity index (χ4v) is 6.37. The number of piperidine rings is 1. The molecule has 1 saturated carbocycles. The molecule has 0 radical (unpaired) electrons. The van der Waals surface area contributed by atoms with Crippen LogP contribution < -0.4 is 11.1 Å². The predicted molar refractivity (Wildman–Crippen MR) is 155 cm³/mol. The van der Waals surface area contributed by atoms with Gasteiger partial charge < -0.3 is 20.9 Å². The van der Waals surface area contributed by atoms with Gasteiger partial charge in [0.25, 0.3) is 5.91 Å². The van der Waals surface area contributed by atoms with Crippen LogP contribution in [0.3, 0.4) is 0 Å². The van der Waals surface area contributed by atoms with Crippen molar-refractivity contribution in [3.05, 3.63) is 57.8 Å². The number of carbonyl (C=O) groups excluding carboxylic acids is 3. The van der Waals surface area contributed by atoms with Gasteiger partial charge in [0.15, 0.2) is 0 Å². The van der Waals surface area contributed by atoms with Crippen LogP contribution in [0.2, 0.25) is 0 Å². The van der Waals surface area contributed by atoms with Crippen molar-refractivity contribution in [3.8, 4) is 0 Å². The Morgan fingerprint density at radius 3 is 2.32 bits per heavy atom. The first-order chi connectivity index (χ1) is 17.8. The Kier molecular flexibility index (Phi) is 10.8. The van der Waals surface area contributed by atoms with Gasteiger partial charge in [0, 0.05) is 50.1 Å². The third-order valence-corrected chi connectivity index (χ3v) is 8.82. The van der Waals surface area contributed by atoms with Crippen LogP contribution in [0.5, 0.6) is 0 Å². The Balaban J connectivity index is 0.00000400. The average Bonchev–Trinajstić information content (AvgIpc) is 3.42. The average molecular weight is 561 g/mol. The normalized spacial score (nSPS) is 18.2. The number of nitrogens with two attached hydrogens (primary N) is 1. The molecule has 1 aliphatic heterocycles. The molecule has 3 N–H and O–H groups in total. The zero-order chi connectivity index (χ0) is 26.4. The first-order valence-corrected chi connectivity index (χ1v) is 14.3. The lowest BCUT2D eigenvalue weighted by Crippen LogP contribution is -2.55. The minimum absolute atomic E-state index is 0. The Morgan fingerprint density at radius 2 is 1.74 bits per heavy atom. The summed E-state index contributed by atoms with van der Waals surface area (Å²) in [6.07, 6.45) is 7.94. The molecule has 3 amide bonds. The molecule has 208 valence electrons. The zero-order valence-corrected chi connectivity index (χ0v) is 24.1. The minimum Gasteiger partial charge on any atom is -0.353 e. The summed E-state index contributed by atoms with van der Waals surface area (Å²) in [6, 6.07) is 11.2. The molecule has 0 spiro atoms. The van der Waals surface area contributed by atoms with Crippen molar-refractivity contribution in [3.63, 3.8) is 0 Å². The van der Waals surface area contributed by atoms with E-state index in [4.69, 9.17) is 5.73 Å². The van der Waals surface area contributed by atoms with E-state index in [0.717, 1.165) is 36.1 Å². The fraction of sp³-hybridized carbons (Fsp3) is 0.552. The van der Waals surface area contributed by atoms with Gasteiger partial charge in [-0.25, -0.2) is 0 Å². The highest BCUT2D eigenvalue weighted by molar-refractivity contribution is 7.09. The fourth-order valence-electron chi connectivity index (χ4n) is 5.61. The molecule has 0 unspecified atom stereocenters. The van der Waals surface area contributed by atoms with Crippen molar-refractivity contribution < 1.29 is 14.4 Å². The third-order valence-electron chi connectivity index (χ3n) is 7.92. The number of benzene rings is 1. The number of nitrogens with zero attached hydrogens (tertiary/aromatic N) is 2. The number of amides is 3. The minimum atomic E-state index is -0.584. The number of carbonyl (C=O) groups is 3. The maximum atomic E-state index is 13.8. The van der Waals surface area contributed by atoms with Crippen LogP contribution in [0.1, 0.15) is 65.7 Å². The van der Waals surface area contributed by atoms with E-state index < -0.39 is 11.5 Å². The first kappa shape index (κ1) is 30.1. The van der Waals surface area contributed by atoms with Gasteiger partial charge in [0.1, 0.15) is 0 Å². The number of hydrogen-bond acceptors (Lipinski definition) is 5. The molecule has 7 nitrogen and oxygen atoms in total. The van der Waals surface area contributed by atoms with E-state index in [9.17, 15) is 14.4 Å². The standard InChI is InChI=1S/C29H40N4O3S.ClH/c1-32(2)26(34)22-12-10-21(11-13-22)20-29(28(36)31-23-7-4-3-5-8-23)14-16-33(17-15-29)27(35)25(30)19-24-9-6-18-37-24;/h6,9-13,18,23,25H,3-5,7-8,14-17,19-20,30H2,1-2H3,(H,31,36);1H/t25-;/m0./s1. The van der Waals surface area contributed by atoms with Crippen molar-refractivity contribution in [2.45, 2.75) is 69.9 Å². The van der Waals surface area contributed by atoms with Crippen molar-refractivity contribution in [2.75, 3.05) is 27.2 Å². The maximum absolute atomic E-state index is 13.8. The van der Waals surface area contributed by atoms with E-state index in [2.05, 4.69) is 5.32 Å². The van der Waals surface area contributed by atoms with Crippen LogP contribution in [0.15, 0.2) is 41.8 Å². The lowest BCUT2D eigenvalue weighted by Gasteiger charge is -2.42. The van der Waals surface area contributed by atoms with Gasteiger partial charge in [-0.2, -0.15) is 0 Å². The van der Waals surface area contributed by atoms with E-state index in [0.29, 0.717) is 44.3 Å². The lowest BCUT2D eigenvalue weighted by atomic mass is 9.72. The molecule has 4 rings (SSSR count). The van der Waals surface area contributed by atoms with Gasteiger partial charge in [0.2, 0.25) is 11.8 Å². The topological polar surface area (TPSA) is 95.7 Å². The molecule has 38 heavy (non-hydrogen) atoms. The smallest absolute Gasteiger partial charge is 0.253 e. The lowest BCUT2D eigenvalue weighted by molar-refractivity contribution is -0.141. The van der Waals surface area contributed by atoms with E-state index in [1.54, 1.807) is 30.3 Å². The van der Waals surface area contributed by atoms with Gasteiger partial charge >= 0.3 is 0 Å². The second-order valence-corrected chi connectivity index (χ2v) is 11.9. The molecule has 2 aromatic rings. The quantitative estimate of drug-likeness (QED) is 0.509. The Morgan fingerprint density at radius 1 is 1.08 bits per heavy atom. The largest absolute Gasteiger partial charge is 0.353 e. The van der Waals surface area contributed by atoms with Crippen LogP contribution in [0.25, 0.3) is 0 Å². The van der Waals surface area contributed by atoms with E-state index in [-0.39, 0.29) is 36.2 Å². The monoisotopic (exact) mass is 560 g/mol. The second kappa shape index (κ2) is 13.6. The third kappa shape index (κ3) is 7.36. The first-order valence-electron chi connectivity index (χ1n) is 13.5. The molecule has 2 fully saturated rings. The van der Waals surface area contributed by atoms with E-state index in [1.807, 2.05) is 46.7 Å². The van der Waals surface area contributed by atoms with Crippen LogP contribution in [0.4, 0.5) is 0 Å². The number of hydrogen-bond donors (Lipinski definition) is 2. The molecule has 1 aliphatic carbocycles. The number of nitrogens with one attached hydrogen (secondary N) is 1. The number of rotatable bonds is 8. The van der Waals surface area contributed by atoms with E-state index >= 15 is 0 Å². The second-order valence-electron chi connectivity index (χ2n) is 10.9. The molecule has 9 heteroatoms. The highest BCUT2D eigenvalue weighted by atomic mass is 35.5. The van der Waals surface area contributed by atoms with Gasteiger partial charge in [-0.05, 0) is 61.2 Å². The van der Waals surface area contributed by atoms with Crippen LogP contribution in [-0.4, -0.2) is 66.8 Å². The van der Waals surface area contributed by atoms with Crippen molar-refractivity contribution in [1.29, 1.82) is 0 Å². The molecule has 1 atom stereocenters. The molecule has 0 bridgehead atoms. The Bertz CT molecular complexity index is 1060. The summed E-state index contributed by atoms with van der Waals surface area (Å²) in [4.78, 5) is 43.7. The summed E-state index contributed by atoms with van der Waals surface area (Å²) in [7, 11) is 3.48. The number of halogens is 1. The molecular formula is C29H41ClN4O3S. The number of likely N-dealkylation sites (tertiary alicyclic amines) is 1. The summed E-state index contributed by atoms with van der Waals surface area (Å²) in [5.41, 5.74) is 7.36. The summed E-state index contributed by atoms with van der Waals surface area (Å²) in [5.74, 6) is 0.0195. The van der Waals surface area contributed by atoms with Gasteiger partial charge in [0.05, 0.1) is 11.5 Å². The summed E-state index contributed by atoms with van der Waals surface area (Å²) >= 11 is 1.61. The van der Waals surface area contributed by atoms with E-state index in [1.165, 1.54) is 6.42 Å². The maximum Gasteiger partial charge on any atom is 0.253 e. The Hall–Kier alpha value is -2.42. The van der Waals surface area contributed by atoms with Crippen molar-refractivity contribution >= 4 is 41.5 Å². The molecule has 1 aromatic carbocycles. The van der Waals surface area contributed by atoms with Crippen LogP contribution in [0, 0.1) is 5.41 Å². The Labute approximate surface area is 236 Å². The molecule has 1 aromatic heterocycles. The molecular weight excluding hydrogens is 520 g/mol. The van der Waals surface area contributed by atoms with Crippen LogP contribution in [-0.2, 0) is 22.4 Å². The highest BCUT2D eigenvalue weighted by Crippen LogP contribution is 2.37. The van der Waals surface area contributed by atoms with Gasteiger partial charge in [-0.1, -0.05) is 37.5 Å². The SMILES string of the molecule is CN(C)C(=O)c1ccc(CC2(C(=O)NC3CCCCC3)CCN(C(=O)[C@@H](N)Cc3cccs3)CC2)cc1.Cl. The predicted octanol–water partition coefficient (Wildman–Crippen LogP) is 4.04. The van der Waals surface area contributed by atoms with Gasteiger partial charge in [-0.3, -0.25) is 14.4 Å². The van der Waals surface area contributed by atoms with Crippen molar-refractivity contribution in [2.24, 2.45) is 11.1 Å². The zero-order valence-electron chi connectivity index (χ0n) is 22.5. The summed E-state index contributed by atoms with van der Waals surface area (Å²) in [5, 5.41) is 5.36. The van der Waals surface area contributed by atoms with Crippen LogP contribution >= 0.6 is 23.7 Å².